The highest BCUT2D eigenvalue weighted by atomic mass is 15.3. The fourth-order valence-corrected chi connectivity index (χ4v) is 2.28. The molecule has 0 aliphatic rings. The van der Waals surface area contributed by atoms with Crippen LogP contribution in [0.15, 0.2) is 6.20 Å². The van der Waals surface area contributed by atoms with Crippen molar-refractivity contribution in [3.05, 3.63) is 17.5 Å². The van der Waals surface area contributed by atoms with Crippen molar-refractivity contribution >= 4 is 0 Å². The number of unbranched alkanes of at least 4 members (excludes halogenated alkanes) is 7. The summed E-state index contributed by atoms with van der Waals surface area (Å²) >= 11 is 0. The molecule has 0 atom stereocenters. The van der Waals surface area contributed by atoms with Gasteiger partial charge in [0.25, 0.3) is 0 Å². The van der Waals surface area contributed by atoms with E-state index < -0.39 is 0 Å². The lowest BCUT2D eigenvalue weighted by Crippen LogP contribution is -1.99. The molecule has 0 aromatic carbocycles. The van der Waals surface area contributed by atoms with Crippen molar-refractivity contribution < 1.29 is 0 Å². The van der Waals surface area contributed by atoms with Gasteiger partial charge in [0, 0.05) is 24.8 Å². The number of aryl methyl sites for hydroxylation is 2. The lowest BCUT2D eigenvalue weighted by Gasteiger charge is -2.02. The van der Waals surface area contributed by atoms with Gasteiger partial charge >= 0.3 is 0 Å². The van der Waals surface area contributed by atoms with Crippen LogP contribution in [0.5, 0.6) is 0 Å². The topological polar surface area (TPSA) is 43.8 Å². The van der Waals surface area contributed by atoms with Crippen LogP contribution in [0.2, 0.25) is 0 Å². The highest BCUT2D eigenvalue weighted by Crippen LogP contribution is 2.10. The molecule has 0 bridgehead atoms. The van der Waals surface area contributed by atoms with Crippen LogP contribution < -0.4 is 5.73 Å². The van der Waals surface area contributed by atoms with E-state index >= 15 is 0 Å². The summed E-state index contributed by atoms with van der Waals surface area (Å²) in [5, 5.41) is 4.48. The minimum atomic E-state index is 0.600. The van der Waals surface area contributed by atoms with E-state index in [1.54, 1.807) is 0 Å². The average molecular weight is 251 g/mol. The summed E-state index contributed by atoms with van der Waals surface area (Å²) in [6.45, 7) is 5.94. The minimum absolute atomic E-state index is 0.600. The molecule has 1 heterocycles. The van der Waals surface area contributed by atoms with Crippen LogP contribution in [0.25, 0.3) is 0 Å². The summed E-state index contributed by atoms with van der Waals surface area (Å²) in [6.07, 6.45) is 13.0. The van der Waals surface area contributed by atoms with E-state index in [2.05, 4.69) is 22.9 Å². The van der Waals surface area contributed by atoms with Gasteiger partial charge in [-0.05, 0) is 13.3 Å². The molecule has 0 aliphatic heterocycles. The van der Waals surface area contributed by atoms with Gasteiger partial charge in [-0.2, -0.15) is 5.10 Å². The highest BCUT2D eigenvalue weighted by molar-refractivity contribution is 5.14. The van der Waals surface area contributed by atoms with Gasteiger partial charge in [-0.15, -0.1) is 0 Å². The fraction of sp³-hybridized carbons (Fsp3) is 0.800. The van der Waals surface area contributed by atoms with Gasteiger partial charge in [-0.1, -0.05) is 51.9 Å². The molecule has 2 N–H and O–H groups in total. The normalized spacial score (nSPS) is 11.1. The second-order valence-corrected chi connectivity index (χ2v) is 5.18. The number of nitrogens with zero attached hydrogens (tertiary/aromatic N) is 2. The Hall–Kier alpha value is -0.830. The molecule has 3 nitrogen and oxygen atoms in total. The smallest absolute Gasteiger partial charge is 0.0638 e. The van der Waals surface area contributed by atoms with Crippen LogP contribution in [0.4, 0.5) is 0 Å². The van der Waals surface area contributed by atoms with Crippen LogP contribution >= 0.6 is 0 Å². The first kappa shape index (κ1) is 15.2. The van der Waals surface area contributed by atoms with Crippen molar-refractivity contribution in [2.24, 2.45) is 5.73 Å². The zero-order valence-electron chi connectivity index (χ0n) is 12.1. The molecule has 0 radical (unpaired) electrons. The van der Waals surface area contributed by atoms with Crippen LogP contribution in [0.1, 0.15) is 69.5 Å². The molecule has 0 fully saturated rings. The van der Waals surface area contributed by atoms with Gasteiger partial charge in [-0.3, -0.25) is 4.68 Å². The molecule has 1 aromatic rings. The van der Waals surface area contributed by atoms with Crippen LogP contribution in [0, 0.1) is 6.92 Å². The molecule has 0 saturated carbocycles. The summed E-state index contributed by atoms with van der Waals surface area (Å²) in [5.41, 5.74) is 7.90. The number of nitrogens with two attached hydrogens (primary N) is 1. The Kier molecular flexibility index (Phi) is 7.74. The second kappa shape index (κ2) is 9.15. The first-order valence-electron chi connectivity index (χ1n) is 7.51. The van der Waals surface area contributed by atoms with E-state index in [0.29, 0.717) is 6.54 Å². The van der Waals surface area contributed by atoms with E-state index in [-0.39, 0.29) is 0 Å². The van der Waals surface area contributed by atoms with E-state index in [4.69, 9.17) is 5.73 Å². The third-order valence-corrected chi connectivity index (χ3v) is 3.51. The largest absolute Gasteiger partial charge is 0.326 e. The lowest BCUT2D eigenvalue weighted by molar-refractivity contribution is 0.518. The van der Waals surface area contributed by atoms with Gasteiger partial charge in [-0.25, -0.2) is 0 Å². The van der Waals surface area contributed by atoms with Gasteiger partial charge < -0.3 is 5.73 Å². The SMILES string of the molecule is CCCCCCCCCCn1cc(CN)c(C)n1. The van der Waals surface area contributed by atoms with Gasteiger partial charge in [0.2, 0.25) is 0 Å². The maximum Gasteiger partial charge on any atom is 0.0638 e. The fourth-order valence-electron chi connectivity index (χ4n) is 2.28. The third kappa shape index (κ3) is 5.67. The molecule has 0 amide bonds. The number of hydrogen-bond donors (Lipinski definition) is 1. The first-order chi connectivity index (χ1) is 8.77. The number of rotatable bonds is 10. The van der Waals surface area contributed by atoms with Gasteiger partial charge in [0.05, 0.1) is 5.69 Å². The Bertz CT molecular complexity index is 318. The molecule has 18 heavy (non-hydrogen) atoms. The molecule has 104 valence electrons. The zero-order valence-corrected chi connectivity index (χ0v) is 12.1. The Morgan fingerprint density at radius 2 is 1.67 bits per heavy atom. The molecule has 3 heteroatoms. The molecular formula is C15H29N3. The van der Waals surface area contributed by atoms with Crippen molar-refractivity contribution in [3.63, 3.8) is 0 Å². The van der Waals surface area contributed by atoms with Crippen molar-refractivity contribution in [2.75, 3.05) is 0 Å². The monoisotopic (exact) mass is 251 g/mol. The molecular weight excluding hydrogens is 222 g/mol. The van der Waals surface area contributed by atoms with Crippen LogP contribution in [0.3, 0.4) is 0 Å². The van der Waals surface area contributed by atoms with E-state index in [0.717, 1.165) is 12.2 Å². The summed E-state index contributed by atoms with van der Waals surface area (Å²) in [4.78, 5) is 0. The zero-order chi connectivity index (χ0) is 13.2. The average Bonchev–Trinajstić information content (AvgIpc) is 2.73. The predicted octanol–water partition coefficient (Wildman–Crippen LogP) is 3.79. The maximum atomic E-state index is 5.64. The Morgan fingerprint density at radius 3 is 2.22 bits per heavy atom. The second-order valence-electron chi connectivity index (χ2n) is 5.18. The lowest BCUT2D eigenvalue weighted by atomic mass is 10.1. The van der Waals surface area contributed by atoms with Gasteiger partial charge in [0.15, 0.2) is 0 Å². The maximum absolute atomic E-state index is 5.64. The first-order valence-corrected chi connectivity index (χ1v) is 7.51. The number of hydrogen-bond acceptors (Lipinski definition) is 2. The van der Waals surface area contributed by atoms with Crippen molar-refractivity contribution in [1.29, 1.82) is 0 Å². The quantitative estimate of drug-likeness (QED) is 0.643. The third-order valence-electron chi connectivity index (χ3n) is 3.51. The Morgan fingerprint density at radius 1 is 1.06 bits per heavy atom. The van der Waals surface area contributed by atoms with Crippen LogP contribution in [-0.2, 0) is 13.1 Å². The van der Waals surface area contributed by atoms with Crippen LogP contribution in [-0.4, -0.2) is 9.78 Å². The molecule has 1 aromatic heterocycles. The summed E-state index contributed by atoms with van der Waals surface area (Å²) in [7, 11) is 0. The van der Waals surface area contributed by atoms with Crippen molar-refractivity contribution in [1.82, 2.24) is 9.78 Å². The summed E-state index contributed by atoms with van der Waals surface area (Å²) < 4.78 is 2.05. The van der Waals surface area contributed by atoms with Crippen molar-refractivity contribution in [2.45, 2.75) is 78.3 Å². The van der Waals surface area contributed by atoms with E-state index in [9.17, 15) is 0 Å². The van der Waals surface area contributed by atoms with E-state index in [1.165, 1.54) is 56.9 Å². The molecule has 1 rings (SSSR count). The Balaban J connectivity index is 2.03. The summed E-state index contributed by atoms with van der Waals surface area (Å²) in [6, 6.07) is 0. The van der Waals surface area contributed by atoms with Crippen molar-refractivity contribution in [3.8, 4) is 0 Å². The molecule has 0 unspecified atom stereocenters. The van der Waals surface area contributed by atoms with Gasteiger partial charge in [0.1, 0.15) is 0 Å². The molecule has 0 spiro atoms. The minimum Gasteiger partial charge on any atom is -0.326 e. The van der Waals surface area contributed by atoms with E-state index in [1.807, 2.05) is 6.92 Å². The summed E-state index contributed by atoms with van der Waals surface area (Å²) in [5.74, 6) is 0. The molecule has 0 saturated heterocycles. The standard InChI is InChI=1S/C15H29N3/c1-3-4-5-6-7-8-9-10-11-18-13-15(12-16)14(2)17-18/h13H,3-12,16H2,1-2H3. The highest BCUT2D eigenvalue weighted by Gasteiger charge is 2.02. The molecule has 0 aliphatic carbocycles. The predicted molar refractivity (Wildman–Crippen MR) is 77.5 cm³/mol. The Labute approximate surface area is 112 Å². The number of aromatic nitrogens is 2.